The van der Waals surface area contributed by atoms with E-state index < -0.39 is 0 Å². The minimum absolute atomic E-state index is 0.236. The predicted molar refractivity (Wildman–Crippen MR) is 86.6 cm³/mol. The predicted octanol–water partition coefficient (Wildman–Crippen LogP) is 3.72. The third-order valence-electron chi connectivity index (χ3n) is 3.94. The lowest BCUT2D eigenvalue weighted by atomic mass is 9.99. The van der Waals surface area contributed by atoms with Crippen LogP contribution in [0.15, 0.2) is 40.9 Å². The zero-order valence-electron chi connectivity index (χ0n) is 12.0. The second kappa shape index (κ2) is 6.08. The molecule has 0 fully saturated rings. The summed E-state index contributed by atoms with van der Waals surface area (Å²) < 4.78 is 6.13. The number of hydrogen-bond acceptors (Lipinski definition) is 3. The smallest absolute Gasteiger partial charge is 0.162 e. The molecule has 21 heavy (non-hydrogen) atoms. The quantitative estimate of drug-likeness (QED) is 0.918. The van der Waals surface area contributed by atoms with Gasteiger partial charge < -0.3 is 9.84 Å². The van der Waals surface area contributed by atoms with Crippen LogP contribution >= 0.6 is 15.9 Å². The lowest BCUT2D eigenvalue weighted by Gasteiger charge is -2.29. The van der Waals surface area contributed by atoms with Crippen LogP contribution in [0, 0.1) is 0 Å². The first-order chi connectivity index (χ1) is 10.2. The average molecular weight is 348 g/mol. The molecule has 2 aromatic carbocycles. The first-order valence-electron chi connectivity index (χ1n) is 7.02. The van der Waals surface area contributed by atoms with Crippen molar-refractivity contribution >= 4 is 15.9 Å². The number of halogens is 1. The minimum atomic E-state index is 0.236. The number of hydrogen-bond donors (Lipinski definition) is 1. The van der Waals surface area contributed by atoms with Crippen molar-refractivity contribution in [2.45, 2.75) is 19.5 Å². The fourth-order valence-electron chi connectivity index (χ4n) is 2.83. The Morgan fingerprint density at radius 3 is 2.76 bits per heavy atom. The molecule has 110 valence electrons. The highest BCUT2D eigenvalue weighted by Crippen LogP contribution is 2.35. The van der Waals surface area contributed by atoms with Gasteiger partial charge >= 0.3 is 0 Å². The molecule has 1 aliphatic rings. The van der Waals surface area contributed by atoms with Crippen molar-refractivity contribution in [3.8, 4) is 11.5 Å². The highest BCUT2D eigenvalue weighted by molar-refractivity contribution is 9.10. The van der Waals surface area contributed by atoms with E-state index in [1.54, 1.807) is 13.2 Å². The lowest BCUT2D eigenvalue weighted by molar-refractivity contribution is 0.241. The van der Waals surface area contributed by atoms with Crippen molar-refractivity contribution in [1.29, 1.82) is 0 Å². The van der Waals surface area contributed by atoms with Gasteiger partial charge in [0.2, 0.25) is 0 Å². The largest absolute Gasteiger partial charge is 0.504 e. The molecule has 0 saturated carbocycles. The highest BCUT2D eigenvalue weighted by Gasteiger charge is 2.18. The van der Waals surface area contributed by atoms with Crippen molar-refractivity contribution in [2.24, 2.45) is 0 Å². The van der Waals surface area contributed by atoms with Gasteiger partial charge in [0.1, 0.15) is 0 Å². The SMILES string of the molecule is COc1cc(Br)cc(CN2CCc3ccccc3C2)c1O. The van der Waals surface area contributed by atoms with Gasteiger partial charge in [-0.15, -0.1) is 0 Å². The zero-order chi connectivity index (χ0) is 14.8. The lowest BCUT2D eigenvalue weighted by Crippen LogP contribution is -2.30. The normalized spacial score (nSPS) is 14.8. The summed E-state index contributed by atoms with van der Waals surface area (Å²) >= 11 is 3.47. The number of phenols is 1. The van der Waals surface area contributed by atoms with Crippen molar-refractivity contribution in [1.82, 2.24) is 4.90 Å². The summed E-state index contributed by atoms with van der Waals surface area (Å²) in [5, 5.41) is 10.3. The molecule has 1 N–H and O–H groups in total. The second-order valence-corrected chi connectivity index (χ2v) is 6.26. The standard InChI is InChI=1S/C17H18BrNO2/c1-21-16-9-15(18)8-14(17(16)20)11-19-7-6-12-4-2-3-5-13(12)10-19/h2-5,8-9,20H,6-7,10-11H2,1H3. The molecule has 0 amide bonds. The Hall–Kier alpha value is -1.52. The van der Waals surface area contributed by atoms with Gasteiger partial charge in [-0.2, -0.15) is 0 Å². The van der Waals surface area contributed by atoms with Crippen LogP contribution in [0.1, 0.15) is 16.7 Å². The highest BCUT2D eigenvalue weighted by atomic mass is 79.9. The number of aromatic hydroxyl groups is 1. The van der Waals surface area contributed by atoms with Gasteiger partial charge in [0.05, 0.1) is 7.11 Å². The van der Waals surface area contributed by atoms with Crippen molar-refractivity contribution in [3.63, 3.8) is 0 Å². The molecule has 0 unspecified atom stereocenters. The summed E-state index contributed by atoms with van der Waals surface area (Å²) in [6.45, 7) is 2.64. The van der Waals surface area contributed by atoms with Gasteiger partial charge in [-0.1, -0.05) is 40.2 Å². The number of nitrogens with zero attached hydrogens (tertiary/aromatic N) is 1. The van der Waals surface area contributed by atoms with Gasteiger partial charge in [-0.3, -0.25) is 4.90 Å². The summed E-state index contributed by atoms with van der Waals surface area (Å²) in [5.74, 6) is 0.747. The fourth-order valence-corrected chi connectivity index (χ4v) is 3.32. The monoisotopic (exact) mass is 347 g/mol. The maximum Gasteiger partial charge on any atom is 0.162 e. The van der Waals surface area contributed by atoms with Gasteiger partial charge in [0, 0.05) is 29.7 Å². The third-order valence-corrected chi connectivity index (χ3v) is 4.40. The van der Waals surface area contributed by atoms with E-state index in [-0.39, 0.29) is 5.75 Å². The summed E-state index contributed by atoms with van der Waals surface area (Å²) in [7, 11) is 1.57. The molecule has 0 spiro atoms. The van der Waals surface area contributed by atoms with Gasteiger partial charge in [-0.25, -0.2) is 0 Å². The molecule has 0 bridgehead atoms. The first kappa shape index (κ1) is 14.4. The molecule has 1 aliphatic heterocycles. The molecule has 3 nitrogen and oxygen atoms in total. The number of benzene rings is 2. The summed E-state index contributed by atoms with van der Waals surface area (Å²) in [4.78, 5) is 2.35. The molecular formula is C17H18BrNO2. The van der Waals surface area contributed by atoms with Crippen LogP contribution in [0.5, 0.6) is 11.5 Å². The van der Waals surface area contributed by atoms with Crippen LogP contribution in [0.2, 0.25) is 0 Å². The Balaban J connectivity index is 1.81. The minimum Gasteiger partial charge on any atom is -0.504 e. The van der Waals surface area contributed by atoms with E-state index in [0.717, 1.165) is 36.1 Å². The van der Waals surface area contributed by atoms with Gasteiger partial charge in [-0.05, 0) is 29.7 Å². The second-order valence-electron chi connectivity index (χ2n) is 5.35. The average Bonchev–Trinajstić information content (AvgIpc) is 2.50. The molecule has 0 radical (unpaired) electrons. The first-order valence-corrected chi connectivity index (χ1v) is 7.81. The van der Waals surface area contributed by atoms with Crippen molar-refractivity contribution in [3.05, 3.63) is 57.6 Å². The van der Waals surface area contributed by atoms with E-state index in [1.807, 2.05) is 6.07 Å². The number of rotatable bonds is 3. The van der Waals surface area contributed by atoms with E-state index in [0.29, 0.717) is 5.75 Å². The molecular weight excluding hydrogens is 330 g/mol. The Morgan fingerprint density at radius 1 is 1.24 bits per heavy atom. The van der Waals surface area contributed by atoms with E-state index in [4.69, 9.17) is 4.74 Å². The van der Waals surface area contributed by atoms with Crippen LogP contribution in [-0.2, 0) is 19.5 Å². The van der Waals surface area contributed by atoms with E-state index in [2.05, 4.69) is 45.1 Å². The van der Waals surface area contributed by atoms with Crippen molar-refractivity contribution < 1.29 is 9.84 Å². The van der Waals surface area contributed by atoms with Crippen LogP contribution in [0.3, 0.4) is 0 Å². The summed E-state index contributed by atoms with van der Waals surface area (Å²) in [6.07, 6.45) is 1.06. The topological polar surface area (TPSA) is 32.7 Å². The van der Waals surface area contributed by atoms with Crippen LogP contribution < -0.4 is 4.74 Å². The summed E-state index contributed by atoms with van der Waals surface area (Å²) in [6, 6.07) is 12.3. The molecule has 0 aliphatic carbocycles. The maximum absolute atomic E-state index is 10.3. The molecule has 0 atom stereocenters. The van der Waals surface area contributed by atoms with Crippen LogP contribution in [0.4, 0.5) is 0 Å². The third kappa shape index (κ3) is 3.06. The molecule has 3 rings (SSSR count). The number of ether oxygens (including phenoxy) is 1. The van der Waals surface area contributed by atoms with Gasteiger partial charge in [0.25, 0.3) is 0 Å². The fraction of sp³-hybridized carbons (Fsp3) is 0.294. The van der Waals surface area contributed by atoms with E-state index in [9.17, 15) is 5.11 Å². The number of methoxy groups -OCH3 is 1. The Labute approximate surface area is 133 Å². The Bertz CT molecular complexity index is 657. The van der Waals surface area contributed by atoms with E-state index >= 15 is 0 Å². The zero-order valence-corrected chi connectivity index (χ0v) is 13.6. The molecule has 2 aromatic rings. The maximum atomic E-state index is 10.3. The Kier molecular flexibility index (Phi) is 4.17. The van der Waals surface area contributed by atoms with Crippen LogP contribution in [-0.4, -0.2) is 23.7 Å². The number of fused-ring (bicyclic) bond motifs is 1. The number of phenolic OH excluding ortho intramolecular Hbond substituents is 1. The van der Waals surface area contributed by atoms with Gasteiger partial charge in [0.15, 0.2) is 11.5 Å². The molecule has 0 saturated heterocycles. The van der Waals surface area contributed by atoms with Crippen LogP contribution in [0.25, 0.3) is 0 Å². The van der Waals surface area contributed by atoms with Crippen molar-refractivity contribution in [2.75, 3.05) is 13.7 Å². The molecule has 1 heterocycles. The molecule has 0 aromatic heterocycles. The Morgan fingerprint density at radius 2 is 2.00 bits per heavy atom. The summed E-state index contributed by atoms with van der Waals surface area (Å²) in [5.41, 5.74) is 3.70. The van der Waals surface area contributed by atoms with E-state index in [1.165, 1.54) is 11.1 Å². The molecule has 4 heteroatoms.